The van der Waals surface area contributed by atoms with E-state index in [-0.39, 0.29) is 12.1 Å². The van der Waals surface area contributed by atoms with Gasteiger partial charge in [-0.15, -0.1) is 6.42 Å². The number of imidazole rings is 1. The first kappa shape index (κ1) is 17.4. The molecule has 35 heavy (non-hydrogen) atoms. The normalized spacial score (nSPS) is 24.3. The second kappa shape index (κ2) is 7.49. The van der Waals surface area contributed by atoms with Crippen LogP contribution in [0, 0.1) is 12.3 Å². The lowest BCUT2D eigenvalue weighted by molar-refractivity contribution is 0.0734. The molecule has 4 aromatic rings. The summed E-state index contributed by atoms with van der Waals surface area (Å²) >= 11 is 0. The van der Waals surface area contributed by atoms with Crippen LogP contribution in [-0.2, 0) is 0 Å². The van der Waals surface area contributed by atoms with Gasteiger partial charge in [-0.2, -0.15) is 0 Å². The van der Waals surface area contributed by atoms with Gasteiger partial charge in [0.2, 0.25) is 0 Å². The van der Waals surface area contributed by atoms with Gasteiger partial charge in [0.15, 0.2) is 0 Å². The summed E-state index contributed by atoms with van der Waals surface area (Å²) in [6.45, 7) is -1.65. The van der Waals surface area contributed by atoms with Gasteiger partial charge in [-0.3, -0.25) is 4.79 Å². The first-order valence-electron chi connectivity index (χ1n) is 13.4. The summed E-state index contributed by atoms with van der Waals surface area (Å²) < 4.78 is 26.6. The van der Waals surface area contributed by atoms with E-state index in [2.05, 4.69) is 25.8 Å². The number of benzene rings is 2. The van der Waals surface area contributed by atoms with Crippen molar-refractivity contribution in [1.29, 1.82) is 0 Å². The highest BCUT2D eigenvalue weighted by molar-refractivity contribution is 5.98. The molecule has 7 nitrogen and oxygen atoms in total. The fourth-order valence-corrected chi connectivity index (χ4v) is 5.82. The van der Waals surface area contributed by atoms with Gasteiger partial charge in [0.25, 0.3) is 5.91 Å². The Labute approximate surface area is 207 Å². The van der Waals surface area contributed by atoms with Crippen molar-refractivity contribution in [3.8, 4) is 23.5 Å². The highest BCUT2D eigenvalue weighted by atomic mass is 16.2. The Hall–Kier alpha value is -4.02. The molecule has 5 heterocycles. The van der Waals surface area contributed by atoms with Crippen molar-refractivity contribution in [2.45, 2.75) is 37.4 Å². The summed E-state index contributed by atoms with van der Waals surface area (Å²) in [6, 6.07) is 10.3. The van der Waals surface area contributed by atoms with Crippen LogP contribution in [0.15, 0.2) is 48.8 Å². The van der Waals surface area contributed by atoms with Gasteiger partial charge >= 0.3 is 0 Å². The number of rotatable bonds is 2. The van der Waals surface area contributed by atoms with Crippen molar-refractivity contribution >= 4 is 16.9 Å². The third-order valence-electron chi connectivity index (χ3n) is 7.51. The lowest BCUT2D eigenvalue weighted by Gasteiger charge is -2.24. The van der Waals surface area contributed by atoms with Crippen molar-refractivity contribution in [3.05, 3.63) is 77.1 Å². The lowest BCUT2D eigenvalue weighted by atomic mass is 9.93. The molecule has 0 saturated carbocycles. The van der Waals surface area contributed by atoms with Crippen molar-refractivity contribution in [1.82, 2.24) is 29.7 Å². The molecular weight excluding hydrogens is 436 g/mol. The molecule has 3 aliphatic rings. The molecule has 1 saturated heterocycles. The molecule has 1 fully saturated rings. The van der Waals surface area contributed by atoms with Gasteiger partial charge in [-0.05, 0) is 49.2 Å². The third-order valence-corrected chi connectivity index (χ3v) is 7.51. The Kier molecular flexibility index (Phi) is 3.73. The van der Waals surface area contributed by atoms with Crippen LogP contribution in [0.4, 0.5) is 0 Å². The third kappa shape index (κ3) is 2.90. The van der Waals surface area contributed by atoms with Gasteiger partial charge in [0.05, 0.1) is 29.2 Å². The maximum Gasteiger partial charge on any atom is 0.254 e. The summed E-state index contributed by atoms with van der Waals surface area (Å²) in [4.78, 5) is 28.6. The van der Waals surface area contributed by atoms with Crippen LogP contribution < -0.4 is 5.32 Å². The van der Waals surface area contributed by atoms with E-state index in [1.807, 2.05) is 30.6 Å². The first-order valence-corrected chi connectivity index (χ1v) is 11.9. The number of hydrogen-bond donors (Lipinski definition) is 1. The lowest BCUT2D eigenvalue weighted by Crippen LogP contribution is -2.30. The Bertz CT molecular complexity index is 1650. The van der Waals surface area contributed by atoms with E-state index in [4.69, 9.17) is 15.5 Å². The molecule has 2 bridgehead atoms. The van der Waals surface area contributed by atoms with Crippen molar-refractivity contribution < 1.29 is 8.91 Å². The highest BCUT2D eigenvalue weighted by Crippen LogP contribution is 2.48. The van der Waals surface area contributed by atoms with Gasteiger partial charge in [0, 0.05) is 52.2 Å². The number of terminal acetylenes is 1. The summed E-state index contributed by atoms with van der Waals surface area (Å²) in [5.41, 5.74) is 4.98. The van der Waals surface area contributed by atoms with Crippen LogP contribution in [0.5, 0.6) is 0 Å². The fourth-order valence-electron chi connectivity index (χ4n) is 5.82. The van der Waals surface area contributed by atoms with Crippen LogP contribution in [-0.4, -0.2) is 43.8 Å². The molecule has 0 radical (unpaired) electrons. The fraction of sp³-hybridized carbons (Fsp3) is 0.286. The number of nitrogens with one attached hydrogen (secondary N) is 1. The van der Waals surface area contributed by atoms with Crippen LogP contribution in [0.3, 0.4) is 0 Å². The molecule has 7 heteroatoms. The van der Waals surface area contributed by atoms with Gasteiger partial charge < -0.3 is 14.8 Å². The summed E-state index contributed by atoms with van der Waals surface area (Å²) in [7, 11) is 0. The van der Waals surface area contributed by atoms with Gasteiger partial charge in [-0.25, -0.2) is 15.0 Å². The molecule has 0 spiro atoms. The highest BCUT2D eigenvalue weighted by Gasteiger charge is 2.44. The summed E-state index contributed by atoms with van der Waals surface area (Å²) in [6.07, 6.45) is 12.1. The monoisotopic (exact) mass is 463 g/mol. The number of nitrogens with zero attached hydrogens (tertiary/aromatic N) is 5. The van der Waals surface area contributed by atoms with Crippen molar-refractivity contribution in [2.75, 3.05) is 13.5 Å². The standard InChI is InChI=1S/C28H24N6O/c1-3-16-6-4-7-19-25(16)23-13-24(33(2)28(19)35)27-32-20-10-9-17(12-22(20)34(23)27)18-14-30-26(31-15-18)21-8-5-11-29-21/h1,4,6-7,9-10,12,14-15,21,23-24,29H,5,8,11,13H2,2H3/t21-,23+,24+/m0/s1/i2D3. The van der Waals surface area contributed by atoms with Crippen LogP contribution >= 0.6 is 0 Å². The summed E-state index contributed by atoms with van der Waals surface area (Å²) in [5.74, 6) is 3.53. The number of carbonyl (C=O) groups excluding carboxylic acids is 1. The average molecular weight is 464 g/mol. The smallest absolute Gasteiger partial charge is 0.254 e. The van der Waals surface area contributed by atoms with E-state index in [0.29, 0.717) is 28.9 Å². The zero-order valence-electron chi connectivity index (χ0n) is 21.9. The van der Waals surface area contributed by atoms with E-state index >= 15 is 0 Å². The molecule has 0 unspecified atom stereocenters. The van der Waals surface area contributed by atoms with Gasteiger partial charge in [-0.1, -0.05) is 18.1 Å². The SMILES string of the molecule is [2H]C([2H])([2H])N1C(=O)c2cccc(C#C)c2[C@H]2C[C@@H]1c1nc3ccc(-c4cnc([C@@H]5CCCN5)nc4)cc3n12. The largest absolute Gasteiger partial charge is 0.331 e. The molecule has 172 valence electrons. The zero-order chi connectivity index (χ0) is 26.2. The Balaban J connectivity index is 1.39. The minimum Gasteiger partial charge on any atom is -0.331 e. The van der Waals surface area contributed by atoms with Crippen LogP contribution in [0.1, 0.15) is 74.6 Å². The minimum absolute atomic E-state index is 0.196. The minimum atomic E-state index is -2.63. The molecular formula is C28H24N6O. The molecule has 2 aromatic carbocycles. The van der Waals surface area contributed by atoms with Crippen LogP contribution in [0.25, 0.3) is 22.2 Å². The summed E-state index contributed by atoms with van der Waals surface area (Å²) in [5, 5.41) is 3.42. The van der Waals surface area contributed by atoms with Crippen molar-refractivity contribution in [3.63, 3.8) is 0 Å². The van der Waals surface area contributed by atoms with E-state index < -0.39 is 18.9 Å². The molecule has 1 amide bonds. The van der Waals surface area contributed by atoms with Crippen LogP contribution in [0.2, 0.25) is 0 Å². The number of aromatic nitrogens is 4. The quantitative estimate of drug-likeness (QED) is 0.455. The van der Waals surface area contributed by atoms with E-state index in [9.17, 15) is 4.79 Å². The number of amides is 1. The Morgan fingerprint density at radius 1 is 1.17 bits per heavy atom. The van der Waals surface area contributed by atoms with E-state index in [1.54, 1.807) is 18.2 Å². The average Bonchev–Trinajstić information content (AvgIpc) is 3.63. The predicted octanol–water partition coefficient (Wildman–Crippen LogP) is 4.02. The second-order valence-corrected chi connectivity index (χ2v) is 9.38. The Morgan fingerprint density at radius 2 is 2.06 bits per heavy atom. The van der Waals surface area contributed by atoms with E-state index in [1.165, 1.54) is 0 Å². The Morgan fingerprint density at radius 3 is 2.83 bits per heavy atom. The molecule has 0 aliphatic carbocycles. The number of carbonyl (C=O) groups is 1. The molecule has 3 atom stereocenters. The molecule has 7 rings (SSSR count). The van der Waals surface area contributed by atoms with Gasteiger partial charge in [0.1, 0.15) is 11.6 Å². The molecule has 1 N–H and O–H groups in total. The molecule has 2 aromatic heterocycles. The van der Waals surface area contributed by atoms with Crippen molar-refractivity contribution in [2.24, 2.45) is 0 Å². The maximum atomic E-state index is 13.6. The topological polar surface area (TPSA) is 75.9 Å². The predicted molar refractivity (Wildman–Crippen MR) is 133 cm³/mol. The first-order chi connectivity index (χ1) is 18.3. The number of hydrogen-bond acceptors (Lipinski definition) is 5. The molecule has 3 aliphatic heterocycles. The second-order valence-electron chi connectivity index (χ2n) is 9.38. The maximum absolute atomic E-state index is 13.6. The zero-order valence-corrected chi connectivity index (χ0v) is 18.9. The number of fused-ring (bicyclic) bond motifs is 9. The van der Waals surface area contributed by atoms with E-state index in [0.717, 1.165) is 52.3 Å².